The van der Waals surface area contributed by atoms with Crippen molar-refractivity contribution >= 4 is 38.6 Å². The topological polar surface area (TPSA) is 89.6 Å². The van der Waals surface area contributed by atoms with E-state index in [4.69, 9.17) is 21.1 Å². The normalized spacial score (nSPS) is 32.2. The molecule has 0 aromatic carbocycles. The molecule has 2 fully saturated rings. The van der Waals surface area contributed by atoms with E-state index < -0.39 is 11.9 Å². The largest absolute Gasteiger partial charge is 0.394 e. The van der Waals surface area contributed by atoms with Crippen LogP contribution in [0.25, 0.3) is 11.0 Å². The number of aliphatic hydroxyl groups is 2. The van der Waals surface area contributed by atoms with Crippen molar-refractivity contribution in [3.63, 3.8) is 0 Å². The molecule has 0 amide bonds. The SMILES string of the molecule is CC1(C)O[C@@H]2[C@H](O1)[C@@H](C(O)CO)C[C@H]2n1cc(Br)c2c(Cl)ncnc21. The summed E-state index contributed by atoms with van der Waals surface area (Å²) in [5.41, 5.74) is 0.697. The molecule has 1 saturated heterocycles. The van der Waals surface area contributed by atoms with E-state index in [0.29, 0.717) is 17.2 Å². The van der Waals surface area contributed by atoms with Crippen LogP contribution in [0.3, 0.4) is 0 Å². The van der Waals surface area contributed by atoms with Crippen LogP contribution < -0.4 is 0 Å². The molecule has 7 nitrogen and oxygen atoms in total. The maximum Gasteiger partial charge on any atom is 0.163 e. The lowest BCUT2D eigenvalue weighted by atomic mass is 9.98. The van der Waals surface area contributed by atoms with E-state index in [1.54, 1.807) is 0 Å². The van der Waals surface area contributed by atoms with Gasteiger partial charge in [-0.15, -0.1) is 0 Å². The van der Waals surface area contributed by atoms with Crippen LogP contribution in [0.1, 0.15) is 26.3 Å². The fourth-order valence-electron chi connectivity index (χ4n) is 4.03. The van der Waals surface area contributed by atoms with Gasteiger partial charge in [-0.3, -0.25) is 0 Å². The first-order chi connectivity index (χ1) is 11.8. The molecule has 1 saturated carbocycles. The van der Waals surface area contributed by atoms with Gasteiger partial charge < -0.3 is 24.3 Å². The molecular formula is C16H19BrClN3O4. The quantitative estimate of drug-likeness (QED) is 0.723. The third-order valence-corrected chi connectivity index (χ3v) is 5.92. The van der Waals surface area contributed by atoms with Gasteiger partial charge >= 0.3 is 0 Å². The van der Waals surface area contributed by atoms with E-state index in [-0.39, 0.29) is 30.8 Å². The molecule has 0 radical (unpaired) electrons. The zero-order chi connectivity index (χ0) is 17.9. The molecule has 0 bridgehead atoms. The van der Waals surface area contributed by atoms with Gasteiger partial charge in [0.1, 0.15) is 23.2 Å². The highest BCUT2D eigenvalue weighted by atomic mass is 79.9. The smallest absolute Gasteiger partial charge is 0.163 e. The number of nitrogens with zero attached hydrogens (tertiary/aromatic N) is 3. The van der Waals surface area contributed by atoms with E-state index in [2.05, 4.69) is 25.9 Å². The Balaban J connectivity index is 1.79. The molecule has 136 valence electrons. The third kappa shape index (κ3) is 2.79. The van der Waals surface area contributed by atoms with Crippen molar-refractivity contribution in [2.75, 3.05) is 6.61 Å². The van der Waals surface area contributed by atoms with Crippen molar-refractivity contribution in [1.82, 2.24) is 14.5 Å². The molecule has 2 aliphatic rings. The summed E-state index contributed by atoms with van der Waals surface area (Å²) in [6.07, 6.45) is 2.53. The maximum atomic E-state index is 10.3. The molecule has 2 aromatic rings. The third-order valence-electron chi connectivity index (χ3n) is 5.03. The van der Waals surface area contributed by atoms with E-state index >= 15 is 0 Å². The van der Waals surface area contributed by atoms with Gasteiger partial charge in [0.05, 0.1) is 30.2 Å². The Labute approximate surface area is 158 Å². The first-order valence-corrected chi connectivity index (χ1v) is 9.30. The molecule has 1 aliphatic heterocycles. The van der Waals surface area contributed by atoms with Crippen LogP contribution in [0, 0.1) is 5.92 Å². The first kappa shape index (κ1) is 17.6. The van der Waals surface area contributed by atoms with Crippen LogP contribution in [-0.2, 0) is 9.47 Å². The highest BCUT2D eigenvalue weighted by Gasteiger charge is 2.56. The average molecular weight is 433 g/mol. The van der Waals surface area contributed by atoms with Gasteiger partial charge in [-0.2, -0.15) is 0 Å². The minimum Gasteiger partial charge on any atom is -0.394 e. The van der Waals surface area contributed by atoms with E-state index in [1.165, 1.54) is 6.33 Å². The summed E-state index contributed by atoms with van der Waals surface area (Å²) in [5, 5.41) is 20.8. The van der Waals surface area contributed by atoms with Crippen LogP contribution in [0.2, 0.25) is 5.15 Å². The Kier molecular flexibility index (Phi) is 4.33. The second-order valence-corrected chi connectivity index (χ2v) is 8.24. The number of halogens is 2. The van der Waals surface area contributed by atoms with Crippen molar-refractivity contribution in [1.29, 1.82) is 0 Å². The number of aliphatic hydroxyl groups excluding tert-OH is 2. The fraction of sp³-hybridized carbons (Fsp3) is 0.625. The number of hydrogen-bond acceptors (Lipinski definition) is 6. The summed E-state index contributed by atoms with van der Waals surface area (Å²) in [4.78, 5) is 8.41. The fourth-order valence-corrected chi connectivity index (χ4v) is 4.96. The Bertz CT molecular complexity index is 814. The van der Waals surface area contributed by atoms with Crippen LogP contribution in [-0.4, -0.2) is 55.5 Å². The van der Waals surface area contributed by atoms with Gasteiger partial charge in [-0.25, -0.2) is 9.97 Å². The minimum atomic E-state index is -0.863. The summed E-state index contributed by atoms with van der Waals surface area (Å²) in [7, 11) is 0. The molecule has 3 heterocycles. The van der Waals surface area contributed by atoms with Crippen molar-refractivity contribution in [3.8, 4) is 0 Å². The number of ether oxygens (including phenoxy) is 2. The Morgan fingerprint density at radius 2 is 2.12 bits per heavy atom. The molecule has 25 heavy (non-hydrogen) atoms. The predicted molar refractivity (Wildman–Crippen MR) is 94.3 cm³/mol. The molecule has 4 rings (SSSR count). The molecule has 0 spiro atoms. The van der Waals surface area contributed by atoms with Crippen molar-refractivity contribution in [2.45, 2.75) is 50.4 Å². The Morgan fingerprint density at radius 1 is 1.40 bits per heavy atom. The number of hydrogen-bond donors (Lipinski definition) is 2. The standard InChI is InChI=1S/C16H19BrClN3O4/c1-16(2)24-12-7(10(23)5-22)3-9(13(12)25-16)21-4-8(17)11-14(18)19-6-20-15(11)21/h4,6-7,9-10,12-13,22-23H,3,5H2,1-2H3/t7-,9-,10?,12-,13+/m1/s1. The first-order valence-electron chi connectivity index (χ1n) is 8.13. The molecule has 2 aromatic heterocycles. The second-order valence-electron chi connectivity index (χ2n) is 7.03. The van der Waals surface area contributed by atoms with Gasteiger partial charge in [0, 0.05) is 16.6 Å². The lowest BCUT2D eigenvalue weighted by molar-refractivity contribution is -0.165. The Hall–Kier alpha value is -0.770. The molecule has 1 unspecified atom stereocenters. The summed E-state index contributed by atoms with van der Waals surface area (Å²) >= 11 is 9.74. The van der Waals surface area contributed by atoms with Gasteiger partial charge in [0.25, 0.3) is 0 Å². The van der Waals surface area contributed by atoms with Gasteiger partial charge in [-0.05, 0) is 36.2 Å². The van der Waals surface area contributed by atoms with E-state index in [9.17, 15) is 10.2 Å². The van der Waals surface area contributed by atoms with Crippen molar-refractivity contribution in [3.05, 3.63) is 22.1 Å². The van der Waals surface area contributed by atoms with E-state index in [1.807, 2.05) is 24.6 Å². The minimum absolute atomic E-state index is 0.0993. The van der Waals surface area contributed by atoms with Crippen LogP contribution in [0.4, 0.5) is 0 Å². The zero-order valence-corrected chi connectivity index (χ0v) is 16.1. The summed E-state index contributed by atoms with van der Waals surface area (Å²) in [5.74, 6) is -0.968. The second kappa shape index (κ2) is 6.14. The Morgan fingerprint density at radius 3 is 2.84 bits per heavy atom. The lowest BCUT2D eigenvalue weighted by Gasteiger charge is -2.25. The number of fused-ring (bicyclic) bond motifs is 2. The van der Waals surface area contributed by atoms with Gasteiger partial charge in [-0.1, -0.05) is 11.6 Å². The van der Waals surface area contributed by atoms with Gasteiger partial charge in [0.2, 0.25) is 0 Å². The van der Waals surface area contributed by atoms with E-state index in [0.717, 1.165) is 9.86 Å². The number of rotatable bonds is 3. The van der Waals surface area contributed by atoms with Gasteiger partial charge in [0.15, 0.2) is 5.79 Å². The van der Waals surface area contributed by atoms with Crippen LogP contribution >= 0.6 is 27.5 Å². The molecular weight excluding hydrogens is 414 g/mol. The average Bonchev–Trinajstić information content (AvgIpc) is 3.16. The maximum absolute atomic E-state index is 10.3. The van der Waals surface area contributed by atoms with Crippen LogP contribution in [0.5, 0.6) is 0 Å². The zero-order valence-electron chi connectivity index (χ0n) is 13.8. The highest BCUT2D eigenvalue weighted by molar-refractivity contribution is 9.10. The predicted octanol–water partition coefficient (Wildman–Crippen LogP) is 2.28. The summed E-state index contributed by atoms with van der Waals surface area (Å²) in [6, 6.07) is -0.0993. The molecule has 2 N–H and O–H groups in total. The molecule has 1 aliphatic carbocycles. The van der Waals surface area contributed by atoms with Crippen molar-refractivity contribution < 1.29 is 19.7 Å². The van der Waals surface area contributed by atoms with Crippen molar-refractivity contribution in [2.24, 2.45) is 5.92 Å². The summed E-state index contributed by atoms with van der Waals surface area (Å²) < 4.78 is 15.0. The highest BCUT2D eigenvalue weighted by Crippen LogP contribution is 2.49. The lowest BCUT2D eigenvalue weighted by Crippen LogP contribution is -2.34. The monoisotopic (exact) mass is 431 g/mol. The number of aromatic nitrogens is 3. The van der Waals surface area contributed by atoms with Crippen LogP contribution in [0.15, 0.2) is 17.0 Å². The molecule has 9 heteroatoms. The summed E-state index contributed by atoms with van der Waals surface area (Å²) in [6.45, 7) is 3.40. The molecule has 5 atom stereocenters.